The number of carbonyl (C=O) groups excluding carboxylic acids is 1. The minimum atomic E-state index is -0.402. The molecule has 1 aliphatic heterocycles. The van der Waals surface area contributed by atoms with Gasteiger partial charge in [-0.3, -0.25) is 0 Å². The average molecular weight is 294 g/mol. The van der Waals surface area contributed by atoms with Crippen LogP contribution in [0.1, 0.15) is 25.6 Å². The number of thiophene rings is 1. The second kappa shape index (κ2) is 5.04. The van der Waals surface area contributed by atoms with Crippen molar-refractivity contribution in [2.45, 2.75) is 39.0 Å². The first-order chi connectivity index (χ1) is 9.44. The molecule has 0 aromatic carbocycles. The second-order valence-corrected chi connectivity index (χ2v) is 7.73. The number of rotatable bonds is 3. The summed E-state index contributed by atoms with van der Waals surface area (Å²) in [7, 11) is 0. The van der Waals surface area contributed by atoms with Crippen LogP contribution in [0.3, 0.4) is 0 Å². The third-order valence-electron chi connectivity index (χ3n) is 3.94. The van der Waals surface area contributed by atoms with Crippen LogP contribution in [0.25, 0.3) is 0 Å². The number of amides is 1. The van der Waals surface area contributed by atoms with Crippen LogP contribution in [-0.4, -0.2) is 35.7 Å². The number of nitrogens with one attached hydrogen (secondary N) is 1. The maximum Gasteiger partial charge on any atom is 0.410 e. The Morgan fingerprint density at radius 3 is 2.70 bits per heavy atom. The van der Waals surface area contributed by atoms with E-state index in [1.54, 1.807) is 11.3 Å². The lowest BCUT2D eigenvalue weighted by molar-refractivity contribution is 0.0269. The Labute approximate surface area is 124 Å². The Balaban J connectivity index is 1.43. The lowest BCUT2D eigenvalue weighted by atomic mass is 10.2. The quantitative estimate of drug-likeness (QED) is 0.932. The Morgan fingerprint density at radius 2 is 2.15 bits per heavy atom. The van der Waals surface area contributed by atoms with Gasteiger partial charge in [-0.15, -0.1) is 11.3 Å². The van der Waals surface area contributed by atoms with Crippen LogP contribution in [0.4, 0.5) is 4.79 Å². The molecule has 2 aliphatic rings. The predicted molar refractivity (Wildman–Crippen MR) is 79.7 cm³/mol. The van der Waals surface area contributed by atoms with Crippen molar-refractivity contribution in [3.8, 4) is 0 Å². The topological polar surface area (TPSA) is 41.6 Å². The third kappa shape index (κ3) is 2.99. The summed E-state index contributed by atoms with van der Waals surface area (Å²) < 4.78 is 5.41. The maximum atomic E-state index is 12.0. The Bertz CT molecular complexity index is 469. The number of nitrogens with zero attached hydrogens (tertiary/aromatic N) is 1. The first-order valence-electron chi connectivity index (χ1n) is 7.18. The molecule has 2 heterocycles. The van der Waals surface area contributed by atoms with Gasteiger partial charge in [-0.25, -0.2) is 4.79 Å². The van der Waals surface area contributed by atoms with Crippen molar-refractivity contribution in [3.05, 3.63) is 22.4 Å². The van der Waals surface area contributed by atoms with Crippen LogP contribution >= 0.6 is 11.3 Å². The Morgan fingerprint density at radius 1 is 1.45 bits per heavy atom. The molecule has 0 spiro atoms. The smallest absolute Gasteiger partial charge is 0.410 e. The Hall–Kier alpha value is -1.07. The molecule has 1 amide bonds. The Kier molecular flexibility index (Phi) is 3.50. The molecule has 0 radical (unpaired) electrons. The fourth-order valence-corrected chi connectivity index (χ4v) is 3.59. The molecule has 5 heteroatoms. The van der Waals surface area contributed by atoms with E-state index >= 15 is 0 Å². The molecule has 20 heavy (non-hydrogen) atoms. The first kappa shape index (κ1) is 13.9. The molecule has 0 bridgehead atoms. The lowest BCUT2D eigenvalue weighted by Gasteiger charge is -2.26. The summed E-state index contributed by atoms with van der Waals surface area (Å²) in [4.78, 5) is 15.2. The third-order valence-corrected chi connectivity index (χ3v) is 4.81. The normalized spacial score (nSPS) is 28.4. The van der Waals surface area contributed by atoms with Gasteiger partial charge in [0.15, 0.2) is 0 Å². The van der Waals surface area contributed by atoms with E-state index in [9.17, 15) is 4.79 Å². The van der Waals surface area contributed by atoms with Gasteiger partial charge in [0.25, 0.3) is 0 Å². The number of fused-ring (bicyclic) bond motifs is 1. The van der Waals surface area contributed by atoms with Crippen LogP contribution < -0.4 is 5.32 Å². The molecule has 1 aliphatic carbocycles. The van der Waals surface area contributed by atoms with E-state index < -0.39 is 5.60 Å². The van der Waals surface area contributed by atoms with Crippen molar-refractivity contribution in [1.82, 2.24) is 10.2 Å². The number of ether oxygens (including phenoxy) is 1. The molecule has 4 nitrogen and oxygen atoms in total. The van der Waals surface area contributed by atoms with Crippen molar-refractivity contribution >= 4 is 17.4 Å². The minimum Gasteiger partial charge on any atom is -0.444 e. The summed E-state index contributed by atoms with van der Waals surface area (Å²) >= 11 is 1.79. The molecule has 3 rings (SSSR count). The monoisotopic (exact) mass is 294 g/mol. The van der Waals surface area contributed by atoms with E-state index in [4.69, 9.17) is 4.74 Å². The zero-order valence-electron chi connectivity index (χ0n) is 12.3. The number of likely N-dealkylation sites (tertiary alicyclic amines) is 1. The van der Waals surface area contributed by atoms with Crippen molar-refractivity contribution < 1.29 is 9.53 Å². The minimum absolute atomic E-state index is 0.165. The molecule has 1 aromatic rings. The molecule has 2 atom stereocenters. The first-order valence-corrected chi connectivity index (χ1v) is 8.06. The summed E-state index contributed by atoms with van der Waals surface area (Å²) in [5.41, 5.74) is -0.402. The van der Waals surface area contributed by atoms with Gasteiger partial charge in [0.2, 0.25) is 0 Å². The van der Waals surface area contributed by atoms with Crippen LogP contribution in [0.5, 0.6) is 0 Å². The van der Waals surface area contributed by atoms with Crippen LogP contribution in [0, 0.1) is 11.8 Å². The molecule has 110 valence electrons. The van der Waals surface area contributed by atoms with Gasteiger partial charge in [-0.05, 0) is 44.1 Å². The summed E-state index contributed by atoms with van der Waals surface area (Å²) in [5, 5.41) is 5.71. The molecule has 1 saturated heterocycles. The van der Waals surface area contributed by atoms with Gasteiger partial charge in [0.1, 0.15) is 5.60 Å². The molecular weight excluding hydrogens is 272 g/mol. The summed E-state index contributed by atoms with van der Waals surface area (Å²) in [6, 6.07) is 4.82. The highest BCUT2D eigenvalue weighted by molar-refractivity contribution is 7.09. The highest BCUT2D eigenvalue weighted by Crippen LogP contribution is 2.45. The van der Waals surface area contributed by atoms with E-state index in [0.717, 1.165) is 19.6 Å². The van der Waals surface area contributed by atoms with Crippen LogP contribution in [-0.2, 0) is 11.3 Å². The molecule has 1 N–H and O–H groups in total. The lowest BCUT2D eigenvalue weighted by Crippen LogP contribution is -2.39. The number of hydrogen-bond donors (Lipinski definition) is 1. The van der Waals surface area contributed by atoms with E-state index in [2.05, 4.69) is 22.8 Å². The van der Waals surface area contributed by atoms with Gasteiger partial charge in [-0.1, -0.05) is 6.07 Å². The molecule has 2 unspecified atom stereocenters. The largest absolute Gasteiger partial charge is 0.444 e. The maximum absolute atomic E-state index is 12.0. The van der Waals surface area contributed by atoms with Crippen molar-refractivity contribution in [2.75, 3.05) is 13.1 Å². The van der Waals surface area contributed by atoms with Crippen LogP contribution in [0.2, 0.25) is 0 Å². The fraction of sp³-hybridized carbons (Fsp3) is 0.667. The van der Waals surface area contributed by atoms with Gasteiger partial charge in [0, 0.05) is 30.6 Å². The standard InChI is InChI=1S/C15H22N2O2S/c1-15(2,3)19-14(18)17-8-11-12(9-17)13(11)16-7-10-5-4-6-20-10/h4-6,11-13,16H,7-9H2,1-3H3. The SMILES string of the molecule is CC(C)(C)OC(=O)N1CC2C(C1)C2NCc1cccs1. The summed E-state index contributed by atoms with van der Waals surface area (Å²) in [6.07, 6.45) is -0.165. The van der Waals surface area contributed by atoms with Crippen molar-refractivity contribution in [1.29, 1.82) is 0 Å². The van der Waals surface area contributed by atoms with E-state index in [0.29, 0.717) is 17.9 Å². The van der Waals surface area contributed by atoms with Gasteiger partial charge < -0.3 is 15.0 Å². The van der Waals surface area contributed by atoms with Gasteiger partial charge >= 0.3 is 6.09 Å². The average Bonchev–Trinajstić information content (AvgIpc) is 2.78. The van der Waals surface area contributed by atoms with Gasteiger partial charge in [0.05, 0.1) is 0 Å². The molecular formula is C15H22N2O2S. The number of carbonyl (C=O) groups is 1. The van der Waals surface area contributed by atoms with E-state index in [1.165, 1.54) is 4.88 Å². The molecule has 1 saturated carbocycles. The van der Waals surface area contributed by atoms with E-state index in [1.807, 2.05) is 25.7 Å². The van der Waals surface area contributed by atoms with E-state index in [-0.39, 0.29) is 6.09 Å². The van der Waals surface area contributed by atoms with Crippen molar-refractivity contribution in [2.24, 2.45) is 11.8 Å². The van der Waals surface area contributed by atoms with Crippen LogP contribution in [0.15, 0.2) is 17.5 Å². The van der Waals surface area contributed by atoms with Gasteiger partial charge in [-0.2, -0.15) is 0 Å². The molecule has 2 fully saturated rings. The van der Waals surface area contributed by atoms with Crippen molar-refractivity contribution in [3.63, 3.8) is 0 Å². The molecule has 1 aromatic heterocycles. The zero-order valence-corrected chi connectivity index (χ0v) is 13.1. The predicted octanol–water partition coefficient (Wildman–Crippen LogP) is 2.70. The summed E-state index contributed by atoms with van der Waals surface area (Å²) in [5.74, 6) is 1.23. The fourth-order valence-electron chi connectivity index (χ4n) is 2.94. The summed E-state index contributed by atoms with van der Waals surface area (Å²) in [6.45, 7) is 8.35. The number of piperidine rings is 1. The highest BCUT2D eigenvalue weighted by atomic mass is 32.1. The zero-order chi connectivity index (χ0) is 14.3. The second-order valence-electron chi connectivity index (χ2n) is 6.70. The number of hydrogen-bond acceptors (Lipinski definition) is 4. The highest BCUT2D eigenvalue weighted by Gasteiger charge is 2.56.